The summed E-state index contributed by atoms with van der Waals surface area (Å²) in [6.45, 7) is 3.60. The summed E-state index contributed by atoms with van der Waals surface area (Å²) in [5.41, 5.74) is 0. The van der Waals surface area contributed by atoms with Gasteiger partial charge in [0.15, 0.2) is 11.0 Å². The summed E-state index contributed by atoms with van der Waals surface area (Å²) >= 11 is 11.4. The lowest BCUT2D eigenvalue weighted by Crippen LogP contribution is -2.21. The van der Waals surface area contributed by atoms with E-state index in [1.165, 1.54) is 0 Å². The summed E-state index contributed by atoms with van der Waals surface area (Å²) in [6.07, 6.45) is 1.14. The lowest BCUT2D eigenvalue weighted by molar-refractivity contribution is 0.587. The summed E-state index contributed by atoms with van der Waals surface area (Å²) in [6, 6.07) is 0. The first-order valence-corrected chi connectivity index (χ1v) is 6.89. The molecule has 16 heavy (non-hydrogen) atoms. The zero-order valence-electron chi connectivity index (χ0n) is 8.74. The first kappa shape index (κ1) is 13.5. The molecule has 0 aliphatic heterocycles. The number of anilines is 1. The fourth-order valence-corrected chi connectivity index (χ4v) is 2.79. The highest BCUT2D eigenvalue weighted by atomic mass is 35.5. The molecular formula is C8H11Cl2N3O2S. The van der Waals surface area contributed by atoms with Crippen LogP contribution in [0.1, 0.15) is 13.8 Å². The van der Waals surface area contributed by atoms with Crippen LogP contribution in [0.4, 0.5) is 5.82 Å². The molecule has 0 saturated heterocycles. The number of hydrogen-bond acceptors (Lipinski definition) is 4. The van der Waals surface area contributed by atoms with Gasteiger partial charge in [-0.2, -0.15) is 0 Å². The van der Waals surface area contributed by atoms with Crippen molar-refractivity contribution in [2.45, 2.75) is 13.8 Å². The van der Waals surface area contributed by atoms with Gasteiger partial charge in [-0.3, -0.25) is 4.72 Å². The number of sulfonamides is 1. The molecule has 0 atom stereocenters. The quantitative estimate of drug-likeness (QED) is 0.860. The van der Waals surface area contributed by atoms with E-state index in [0.717, 1.165) is 6.33 Å². The van der Waals surface area contributed by atoms with Crippen molar-refractivity contribution in [3.63, 3.8) is 0 Å². The van der Waals surface area contributed by atoms with Crippen molar-refractivity contribution in [1.82, 2.24) is 9.97 Å². The number of halogens is 2. The first-order valence-electron chi connectivity index (χ1n) is 4.48. The number of rotatable bonds is 4. The smallest absolute Gasteiger partial charge is 0.234 e. The monoisotopic (exact) mass is 283 g/mol. The first-order chi connectivity index (χ1) is 7.32. The van der Waals surface area contributed by atoms with E-state index < -0.39 is 10.0 Å². The minimum atomic E-state index is -3.46. The molecule has 1 aromatic rings. The zero-order chi connectivity index (χ0) is 12.3. The third-order valence-corrected chi connectivity index (χ3v) is 3.90. The van der Waals surface area contributed by atoms with Crippen molar-refractivity contribution >= 4 is 39.0 Å². The van der Waals surface area contributed by atoms with Gasteiger partial charge in [0.05, 0.1) is 5.75 Å². The predicted molar refractivity (Wildman–Crippen MR) is 64.3 cm³/mol. The van der Waals surface area contributed by atoms with Crippen LogP contribution in [0.3, 0.4) is 0 Å². The van der Waals surface area contributed by atoms with Crippen LogP contribution in [0.2, 0.25) is 10.2 Å². The van der Waals surface area contributed by atoms with E-state index in [-0.39, 0.29) is 27.7 Å². The Morgan fingerprint density at radius 2 is 2.00 bits per heavy atom. The molecule has 1 N–H and O–H groups in total. The molecule has 0 fully saturated rings. The Morgan fingerprint density at radius 3 is 2.56 bits per heavy atom. The third kappa shape index (κ3) is 3.77. The Morgan fingerprint density at radius 1 is 1.38 bits per heavy atom. The Balaban J connectivity index is 2.93. The van der Waals surface area contributed by atoms with Crippen LogP contribution in [0.5, 0.6) is 0 Å². The van der Waals surface area contributed by atoms with Crippen LogP contribution < -0.4 is 4.72 Å². The largest absolute Gasteiger partial charge is 0.266 e. The van der Waals surface area contributed by atoms with E-state index in [9.17, 15) is 8.42 Å². The maximum Gasteiger partial charge on any atom is 0.234 e. The molecule has 1 heterocycles. The minimum absolute atomic E-state index is 0.00215. The highest BCUT2D eigenvalue weighted by molar-refractivity contribution is 7.92. The molecule has 8 heteroatoms. The van der Waals surface area contributed by atoms with E-state index >= 15 is 0 Å². The van der Waals surface area contributed by atoms with Gasteiger partial charge in [0.25, 0.3) is 0 Å². The maximum absolute atomic E-state index is 11.6. The Labute approximate surface area is 104 Å². The standard InChI is InChI=1S/C8H11Cl2N3O2S/c1-5(2)3-16(14,15)13-8-6(9)7(10)11-4-12-8/h4-5H,3H2,1-2H3,(H,11,12,13). The van der Waals surface area contributed by atoms with Crippen molar-refractivity contribution in [3.05, 3.63) is 16.5 Å². The van der Waals surface area contributed by atoms with Gasteiger partial charge < -0.3 is 0 Å². The summed E-state index contributed by atoms with van der Waals surface area (Å²) < 4.78 is 25.5. The highest BCUT2D eigenvalue weighted by Crippen LogP contribution is 2.26. The molecule has 90 valence electrons. The van der Waals surface area contributed by atoms with Gasteiger partial charge in [0, 0.05) is 0 Å². The van der Waals surface area contributed by atoms with E-state index in [0.29, 0.717) is 0 Å². The molecule has 0 aliphatic rings. The summed E-state index contributed by atoms with van der Waals surface area (Å²) in [5, 5.41) is 0.00964. The average Bonchev–Trinajstić information content (AvgIpc) is 2.10. The van der Waals surface area contributed by atoms with Gasteiger partial charge in [-0.05, 0) is 5.92 Å². The van der Waals surface area contributed by atoms with Crippen LogP contribution in [0.25, 0.3) is 0 Å². The van der Waals surface area contributed by atoms with Crippen molar-refractivity contribution in [1.29, 1.82) is 0 Å². The van der Waals surface area contributed by atoms with Crippen molar-refractivity contribution < 1.29 is 8.42 Å². The van der Waals surface area contributed by atoms with Crippen LogP contribution in [0.15, 0.2) is 6.33 Å². The molecular weight excluding hydrogens is 273 g/mol. The Kier molecular flexibility index (Phi) is 4.35. The molecule has 0 radical (unpaired) electrons. The van der Waals surface area contributed by atoms with E-state index in [2.05, 4.69) is 14.7 Å². The second-order valence-electron chi connectivity index (χ2n) is 3.60. The minimum Gasteiger partial charge on any atom is -0.266 e. The third-order valence-electron chi connectivity index (χ3n) is 1.55. The van der Waals surface area contributed by atoms with Crippen LogP contribution in [-0.4, -0.2) is 24.1 Å². The maximum atomic E-state index is 11.6. The molecule has 0 unspecified atom stereocenters. The fraction of sp³-hybridized carbons (Fsp3) is 0.500. The molecule has 0 amide bonds. The van der Waals surface area contributed by atoms with Crippen molar-refractivity contribution in [2.75, 3.05) is 10.5 Å². The summed E-state index contributed by atoms with van der Waals surface area (Å²) in [5.74, 6) is 0.00112. The van der Waals surface area contributed by atoms with E-state index in [1.807, 2.05) is 0 Å². The van der Waals surface area contributed by atoms with Gasteiger partial charge in [0.2, 0.25) is 10.0 Å². The molecule has 0 aliphatic carbocycles. The second kappa shape index (κ2) is 5.16. The molecule has 0 saturated carbocycles. The SMILES string of the molecule is CC(C)CS(=O)(=O)Nc1ncnc(Cl)c1Cl. The van der Waals surface area contributed by atoms with Gasteiger partial charge in [-0.1, -0.05) is 37.0 Å². The van der Waals surface area contributed by atoms with Crippen molar-refractivity contribution in [2.24, 2.45) is 5.92 Å². The predicted octanol–water partition coefficient (Wildman–Crippen LogP) is 2.18. The van der Waals surface area contributed by atoms with Crippen LogP contribution >= 0.6 is 23.2 Å². The Bertz CT molecular complexity index is 476. The summed E-state index contributed by atoms with van der Waals surface area (Å²) in [7, 11) is -3.46. The molecule has 1 rings (SSSR count). The Hall–Kier alpha value is -0.590. The van der Waals surface area contributed by atoms with Crippen molar-refractivity contribution in [3.8, 4) is 0 Å². The van der Waals surface area contributed by atoms with Gasteiger partial charge in [0.1, 0.15) is 11.3 Å². The second-order valence-corrected chi connectivity index (χ2v) is 6.11. The molecule has 0 aromatic carbocycles. The van der Waals surface area contributed by atoms with Crippen LogP contribution in [0, 0.1) is 5.92 Å². The van der Waals surface area contributed by atoms with Gasteiger partial charge >= 0.3 is 0 Å². The number of hydrogen-bond donors (Lipinski definition) is 1. The fourth-order valence-electron chi connectivity index (χ4n) is 1.05. The topological polar surface area (TPSA) is 72.0 Å². The van der Waals surface area contributed by atoms with Crippen LogP contribution in [-0.2, 0) is 10.0 Å². The number of nitrogens with one attached hydrogen (secondary N) is 1. The molecule has 0 spiro atoms. The number of aromatic nitrogens is 2. The molecule has 5 nitrogen and oxygen atoms in total. The normalized spacial score (nSPS) is 11.8. The van der Waals surface area contributed by atoms with E-state index in [1.54, 1.807) is 13.8 Å². The van der Waals surface area contributed by atoms with Gasteiger partial charge in [-0.15, -0.1) is 0 Å². The van der Waals surface area contributed by atoms with E-state index in [4.69, 9.17) is 23.2 Å². The lowest BCUT2D eigenvalue weighted by atomic mass is 10.3. The van der Waals surface area contributed by atoms with Gasteiger partial charge in [-0.25, -0.2) is 18.4 Å². The highest BCUT2D eigenvalue weighted by Gasteiger charge is 2.16. The number of nitrogens with zero attached hydrogens (tertiary/aromatic N) is 2. The molecule has 1 aromatic heterocycles. The average molecular weight is 284 g/mol. The lowest BCUT2D eigenvalue weighted by Gasteiger charge is -2.10. The zero-order valence-corrected chi connectivity index (χ0v) is 11.1. The summed E-state index contributed by atoms with van der Waals surface area (Å²) in [4.78, 5) is 7.33. The molecule has 0 bridgehead atoms.